The summed E-state index contributed by atoms with van der Waals surface area (Å²) in [6.45, 7) is 10.9. The summed E-state index contributed by atoms with van der Waals surface area (Å²) in [6, 6.07) is 19.8. The molecule has 0 unspecified atom stereocenters. The minimum Gasteiger partial charge on any atom is -0.372 e. The second-order valence-corrected chi connectivity index (χ2v) is 5.95. The van der Waals surface area contributed by atoms with Crippen molar-refractivity contribution in [1.82, 2.24) is 0 Å². The Morgan fingerprint density at radius 3 is 1.78 bits per heavy atom. The lowest BCUT2D eigenvalue weighted by molar-refractivity contribution is 0.716. The summed E-state index contributed by atoms with van der Waals surface area (Å²) in [6.07, 6.45) is 2.45. The van der Waals surface area contributed by atoms with Crippen LogP contribution in [0.25, 0.3) is 0 Å². The molecule has 0 aliphatic heterocycles. The highest BCUT2D eigenvalue weighted by Gasteiger charge is 2.08. The summed E-state index contributed by atoms with van der Waals surface area (Å²) in [5.74, 6) is 0. The largest absolute Gasteiger partial charge is 0.372 e. The third-order valence-corrected chi connectivity index (χ3v) is 4.34. The van der Waals surface area contributed by atoms with Crippen molar-refractivity contribution in [3.63, 3.8) is 0 Å². The van der Waals surface area contributed by atoms with Crippen LogP contribution in [0.2, 0.25) is 0 Å². The van der Waals surface area contributed by atoms with E-state index in [0.29, 0.717) is 0 Å². The molecule has 0 spiro atoms. The predicted molar refractivity (Wildman–Crippen MR) is 102 cm³/mol. The van der Waals surface area contributed by atoms with Gasteiger partial charge in [0.05, 0.1) is 0 Å². The lowest BCUT2D eigenvalue weighted by Crippen LogP contribution is -2.24. The van der Waals surface area contributed by atoms with E-state index in [9.17, 15) is 0 Å². The van der Waals surface area contributed by atoms with E-state index in [-0.39, 0.29) is 0 Å². The smallest absolute Gasteiger partial charge is 0.0429 e. The highest BCUT2D eigenvalue weighted by molar-refractivity contribution is 5.56. The summed E-state index contributed by atoms with van der Waals surface area (Å²) in [4.78, 5) is 4.88. The average molecular weight is 310 g/mol. The predicted octanol–water partition coefficient (Wildman–Crippen LogP) is 5.34. The van der Waals surface area contributed by atoms with Gasteiger partial charge < -0.3 is 9.80 Å². The maximum Gasteiger partial charge on any atom is 0.0429 e. The highest BCUT2D eigenvalue weighted by Crippen LogP contribution is 2.23. The van der Waals surface area contributed by atoms with Crippen molar-refractivity contribution in [1.29, 1.82) is 0 Å². The Balaban J connectivity index is 2.14. The molecule has 124 valence electrons. The minimum atomic E-state index is 0.978. The average Bonchev–Trinajstić information content (AvgIpc) is 2.61. The molecule has 23 heavy (non-hydrogen) atoms. The lowest BCUT2D eigenvalue weighted by atomic mass is 10.1. The van der Waals surface area contributed by atoms with Crippen LogP contribution in [0.1, 0.15) is 39.2 Å². The van der Waals surface area contributed by atoms with Gasteiger partial charge in [0, 0.05) is 37.6 Å². The molecule has 0 atom stereocenters. The van der Waals surface area contributed by atoms with Gasteiger partial charge in [-0.3, -0.25) is 0 Å². The molecule has 0 aromatic heterocycles. The van der Waals surface area contributed by atoms with E-state index in [1.165, 1.54) is 29.8 Å². The van der Waals surface area contributed by atoms with Crippen LogP contribution in [0, 0.1) is 0 Å². The highest BCUT2D eigenvalue weighted by atomic mass is 15.1. The van der Waals surface area contributed by atoms with E-state index >= 15 is 0 Å². The number of hydrogen-bond donors (Lipinski definition) is 0. The first-order valence-electron chi connectivity index (χ1n) is 8.92. The summed E-state index contributed by atoms with van der Waals surface area (Å²) in [5.41, 5.74) is 4.00. The zero-order valence-corrected chi connectivity index (χ0v) is 14.8. The monoisotopic (exact) mass is 310 g/mol. The molecule has 2 aromatic carbocycles. The first-order chi connectivity index (χ1) is 11.3. The molecule has 2 rings (SSSR count). The summed E-state index contributed by atoms with van der Waals surface area (Å²) >= 11 is 0. The third kappa shape index (κ3) is 5.02. The van der Waals surface area contributed by atoms with Crippen LogP contribution >= 0.6 is 0 Å². The van der Waals surface area contributed by atoms with Crippen LogP contribution in [-0.2, 0) is 6.54 Å². The molecule has 0 amide bonds. The molecule has 0 saturated carbocycles. The van der Waals surface area contributed by atoms with E-state index in [0.717, 1.165) is 26.2 Å². The molecule has 0 heterocycles. The number of nitrogens with zero attached hydrogens (tertiary/aromatic N) is 2. The SMILES string of the molecule is CCCCN(Cc1ccccc1)c1ccc(N(CC)CC)cc1. The molecular formula is C21H30N2. The van der Waals surface area contributed by atoms with Crippen molar-refractivity contribution in [3.05, 3.63) is 60.2 Å². The van der Waals surface area contributed by atoms with Crippen LogP contribution in [0.4, 0.5) is 11.4 Å². The van der Waals surface area contributed by atoms with Gasteiger partial charge in [-0.15, -0.1) is 0 Å². The van der Waals surface area contributed by atoms with Crippen LogP contribution in [0.5, 0.6) is 0 Å². The molecule has 2 nitrogen and oxygen atoms in total. The normalized spacial score (nSPS) is 10.6. The van der Waals surface area contributed by atoms with Gasteiger partial charge in [0.1, 0.15) is 0 Å². The van der Waals surface area contributed by atoms with E-state index in [2.05, 4.69) is 85.2 Å². The number of benzene rings is 2. The summed E-state index contributed by atoms with van der Waals surface area (Å²) < 4.78 is 0. The fourth-order valence-electron chi connectivity index (χ4n) is 2.92. The molecule has 2 heteroatoms. The Labute approximate surface area is 141 Å². The third-order valence-electron chi connectivity index (χ3n) is 4.34. The van der Waals surface area contributed by atoms with Crippen molar-refractivity contribution in [2.24, 2.45) is 0 Å². The number of unbranched alkanes of at least 4 members (excludes halogenated alkanes) is 1. The van der Waals surface area contributed by atoms with Gasteiger partial charge in [-0.05, 0) is 50.1 Å². The standard InChI is InChI=1S/C21H30N2/c1-4-7-17-23(18-19-11-9-8-10-12-19)21-15-13-20(14-16-21)22(5-2)6-3/h8-16H,4-7,17-18H2,1-3H3. The first-order valence-corrected chi connectivity index (χ1v) is 8.92. The molecule has 0 bridgehead atoms. The van der Waals surface area contributed by atoms with Gasteiger partial charge in [-0.25, -0.2) is 0 Å². The topological polar surface area (TPSA) is 6.48 Å². The summed E-state index contributed by atoms with van der Waals surface area (Å²) in [7, 11) is 0. The van der Waals surface area contributed by atoms with Gasteiger partial charge in [-0.1, -0.05) is 43.7 Å². The quantitative estimate of drug-likeness (QED) is 0.617. The molecule has 0 radical (unpaired) electrons. The van der Waals surface area contributed by atoms with E-state index in [1.54, 1.807) is 0 Å². The van der Waals surface area contributed by atoms with Crippen molar-refractivity contribution < 1.29 is 0 Å². The van der Waals surface area contributed by atoms with Crippen LogP contribution in [0.15, 0.2) is 54.6 Å². The molecule has 0 saturated heterocycles. The van der Waals surface area contributed by atoms with Gasteiger partial charge in [0.15, 0.2) is 0 Å². The maximum absolute atomic E-state index is 2.49. The zero-order chi connectivity index (χ0) is 16.5. The molecule has 2 aromatic rings. The number of anilines is 2. The Kier molecular flexibility index (Phi) is 6.99. The second kappa shape index (κ2) is 9.24. The minimum absolute atomic E-state index is 0.978. The van der Waals surface area contributed by atoms with Crippen LogP contribution < -0.4 is 9.80 Å². The van der Waals surface area contributed by atoms with Gasteiger partial charge in [0.25, 0.3) is 0 Å². The fraction of sp³-hybridized carbons (Fsp3) is 0.429. The molecule has 0 fully saturated rings. The number of rotatable bonds is 9. The lowest BCUT2D eigenvalue weighted by Gasteiger charge is -2.27. The van der Waals surface area contributed by atoms with E-state index < -0.39 is 0 Å². The molecule has 0 aliphatic carbocycles. The van der Waals surface area contributed by atoms with Crippen molar-refractivity contribution in [2.45, 2.75) is 40.2 Å². The number of hydrogen-bond acceptors (Lipinski definition) is 2. The Morgan fingerprint density at radius 1 is 0.696 bits per heavy atom. The van der Waals surface area contributed by atoms with Gasteiger partial charge >= 0.3 is 0 Å². The van der Waals surface area contributed by atoms with E-state index in [4.69, 9.17) is 0 Å². The molecule has 0 N–H and O–H groups in total. The van der Waals surface area contributed by atoms with Crippen molar-refractivity contribution >= 4 is 11.4 Å². The Bertz CT molecular complexity index is 544. The zero-order valence-electron chi connectivity index (χ0n) is 14.8. The fourth-order valence-corrected chi connectivity index (χ4v) is 2.92. The Morgan fingerprint density at radius 2 is 1.26 bits per heavy atom. The van der Waals surface area contributed by atoms with Gasteiger partial charge in [-0.2, -0.15) is 0 Å². The molecular weight excluding hydrogens is 280 g/mol. The maximum atomic E-state index is 2.49. The van der Waals surface area contributed by atoms with Gasteiger partial charge in [0.2, 0.25) is 0 Å². The first kappa shape index (κ1) is 17.4. The van der Waals surface area contributed by atoms with Crippen LogP contribution in [0.3, 0.4) is 0 Å². The van der Waals surface area contributed by atoms with Crippen LogP contribution in [-0.4, -0.2) is 19.6 Å². The van der Waals surface area contributed by atoms with E-state index in [1.807, 2.05) is 0 Å². The van der Waals surface area contributed by atoms with Crippen molar-refractivity contribution in [2.75, 3.05) is 29.4 Å². The van der Waals surface area contributed by atoms with Crippen molar-refractivity contribution in [3.8, 4) is 0 Å². The Hall–Kier alpha value is -1.96. The second-order valence-electron chi connectivity index (χ2n) is 5.95. The summed E-state index contributed by atoms with van der Waals surface area (Å²) in [5, 5.41) is 0. The molecule has 0 aliphatic rings.